The average molecular weight is 449 g/mol. The first-order valence-electron chi connectivity index (χ1n) is 10.6. The zero-order chi connectivity index (χ0) is 23.8. The first-order chi connectivity index (χ1) is 15.6. The lowest BCUT2D eigenvalue weighted by Gasteiger charge is -2.24. The Morgan fingerprint density at radius 2 is 1.82 bits per heavy atom. The number of fused-ring (bicyclic) bond motifs is 1. The van der Waals surface area contributed by atoms with Crippen molar-refractivity contribution in [2.75, 3.05) is 11.4 Å². The Hall–Kier alpha value is -3.81. The molecule has 4 rings (SSSR count). The Bertz CT molecular complexity index is 1240. The standard InChI is InChI=1S/C25H24FN3O4/c1-25(2,3)33-24(32)17-14-29(20-11-7-5-9-18(20)26)23(31)21(17)28-22(30)16-12-15-8-4-6-10-19(15)27-13-16/h4-13,17,21H,14H2,1-3H3,(H,28,30)/t17-,21-/m1/s1. The Morgan fingerprint density at radius 1 is 1.12 bits per heavy atom. The molecule has 0 aliphatic carbocycles. The highest BCUT2D eigenvalue weighted by Gasteiger charge is 2.48. The molecule has 0 unspecified atom stereocenters. The summed E-state index contributed by atoms with van der Waals surface area (Å²) in [5.41, 5.74) is 0.222. The third-order valence-electron chi connectivity index (χ3n) is 5.31. The van der Waals surface area contributed by atoms with E-state index in [2.05, 4.69) is 10.3 Å². The van der Waals surface area contributed by atoms with E-state index in [4.69, 9.17) is 4.74 Å². The fourth-order valence-corrected chi connectivity index (χ4v) is 3.79. The highest BCUT2D eigenvalue weighted by molar-refractivity contribution is 6.07. The van der Waals surface area contributed by atoms with Gasteiger partial charge in [0.2, 0.25) is 0 Å². The van der Waals surface area contributed by atoms with Crippen LogP contribution >= 0.6 is 0 Å². The number of esters is 1. The van der Waals surface area contributed by atoms with Gasteiger partial charge in [0.15, 0.2) is 0 Å². The number of carbonyl (C=O) groups excluding carboxylic acids is 3. The SMILES string of the molecule is CC(C)(C)OC(=O)[C@@H]1CN(c2ccccc2F)C(=O)[C@@H]1NC(=O)c1cnc2ccccc2c1. The Morgan fingerprint density at radius 3 is 2.55 bits per heavy atom. The summed E-state index contributed by atoms with van der Waals surface area (Å²) < 4.78 is 19.9. The second kappa shape index (κ2) is 8.61. The van der Waals surface area contributed by atoms with Gasteiger partial charge in [0.1, 0.15) is 23.4 Å². The van der Waals surface area contributed by atoms with Gasteiger partial charge in [0.05, 0.1) is 16.8 Å². The number of anilines is 1. The predicted molar refractivity (Wildman–Crippen MR) is 121 cm³/mol. The molecule has 2 heterocycles. The molecule has 1 aliphatic heterocycles. The summed E-state index contributed by atoms with van der Waals surface area (Å²) in [6.07, 6.45) is 1.41. The van der Waals surface area contributed by atoms with Gasteiger partial charge in [0, 0.05) is 18.1 Å². The molecule has 0 radical (unpaired) electrons. The van der Waals surface area contributed by atoms with E-state index in [0.717, 1.165) is 10.9 Å². The van der Waals surface area contributed by atoms with E-state index in [1.807, 2.05) is 24.3 Å². The van der Waals surface area contributed by atoms with Gasteiger partial charge in [-0.3, -0.25) is 19.4 Å². The van der Waals surface area contributed by atoms with Crippen LogP contribution in [0.3, 0.4) is 0 Å². The maximum absolute atomic E-state index is 14.4. The number of hydrogen-bond acceptors (Lipinski definition) is 5. The zero-order valence-electron chi connectivity index (χ0n) is 18.5. The van der Waals surface area contributed by atoms with Crippen LogP contribution in [0.15, 0.2) is 60.8 Å². The summed E-state index contributed by atoms with van der Waals surface area (Å²) in [5, 5.41) is 3.42. The molecule has 2 aromatic carbocycles. The van der Waals surface area contributed by atoms with Crippen molar-refractivity contribution in [1.29, 1.82) is 0 Å². The van der Waals surface area contributed by atoms with Crippen molar-refractivity contribution in [3.05, 3.63) is 72.2 Å². The second-order valence-corrected chi connectivity index (χ2v) is 8.91. The molecular weight excluding hydrogens is 425 g/mol. The molecule has 3 aromatic rings. The molecule has 0 spiro atoms. The number of pyridine rings is 1. The van der Waals surface area contributed by atoms with Crippen molar-refractivity contribution in [1.82, 2.24) is 10.3 Å². The summed E-state index contributed by atoms with van der Waals surface area (Å²) in [4.78, 5) is 44.6. The number of aromatic nitrogens is 1. The number of nitrogens with one attached hydrogen (secondary N) is 1. The topological polar surface area (TPSA) is 88.6 Å². The van der Waals surface area contributed by atoms with E-state index < -0.39 is 41.2 Å². The van der Waals surface area contributed by atoms with Crippen molar-refractivity contribution < 1.29 is 23.5 Å². The molecule has 8 heteroatoms. The second-order valence-electron chi connectivity index (χ2n) is 8.91. The van der Waals surface area contributed by atoms with E-state index in [1.54, 1.807) is 32.9 Å². The monoisotopic (exact) mass is 449 g/mol. The highest BCUT2D eigenvalue weighted by atomic mass is 19.1. The maximum Gasteiger partial charge on any atom is 0.313 e. The molecule has 1 fully saturated rings. The molecule has 0 saturated carbocycles. The van der Waals surface area contributed by atoms with Crippen LogP contribution in [-0.2, 0) is 14.3 Å². The molecule has 7 nitrogen and oxygen atoms in total. The average Bonchev–Trinajstić information content (AvgIpc) is 3.08. The number of nitrogens with zero attached hydrogens (tertiary/aromatic N) is 2. The fraction of sp³-hybridized carbons (Fsp3) is 0.280. The normalized spacial score (nSPS) is 18.4. The van der Waals surface area contributed by atoms with Crippen molar-refractivity contribution in [3.8, 4) is 0 Å². The van der Waals surface area contributed by atoms with Gasteiger partial charge in [-0.25, -0.2) is 4.39 Å². The van der Waals surface area contributed by atoms with Gasteiger partial charge in [0.25, 0.3) is 11.8 Å². The van der Waals surface area contributed by atoms with Crippen molar-refractivity contribution >= 4 is 34.4 Å². The number of rotatable bonds is 4. The maximum atomic E-state index is 14.4. The molecule has 2 atom stereocenters. The van der Waals surface area contributed by atoms with E-state index in [0.29, 0.717) is 0 Å². The quantitative estimate of drug-likeness (QED) is 0.616. The Labute approximate surface area is 190 Å². The Balaban J connectivity index is 1.64. The number of benzene rings is 2. The van der Waals surface area contributed by atoms with Gasteiger partial charge >= 0.3 is 5.97 Å². The number of amides is 2. The van der Waals surface area contributed by atoms with Gasteiger partial charge in [-0.2, -0.15) is 0 Å². The van der Waals surface area contributed by atoms with Crippen molar-refractivity contribution in [3.63, 3.8) is 0 Å². The van der Waals surface area contributed by atoms with Crippen molar-refractivity contribution in [2.24, 2.45) is 5.92 Å². The smallest absolute Gasteiger partial charge is 0.313 e. The van der Waals surface area contributed by atoms with Crippen LogP contribution in [0.1, 0.15) is 31.1 Å². The highest BCUT2D eigenvalue weighted by Crippen LogP contribution is 2.29. The third kappa shape index (κ3) is 4.69. The molecule has 2 amide bonds. The minimum absolute atomic E-state index is 0.0418. The molecule has 33 heavy (non-hydrogen) atoms. The van der Waals surface area contributed by atoms with E-state index in [1.165, 1.54) is 29.3 Å². The van der Waals surface area contributed by atoms with Crippen LogP contribution in [0.25, 0.3) is 10.9 Å². The molecule has 170 valence electrons. The fourth-order valence-electron chi connectivity index (χ4n) is 3.79. The summed E-state index contributed by atoms with van der Waals surface area (Å²) in [5.74, 6) is -3.39. The molecule has 0 bridgehead atoms. The minimum atomic E-state index is -1.21. The third-order valence-corrected chi connectivity index (χ3v) is 5.31. The van der Waals surface area contributed by atoms with Crippen LogP contribution in [0.4, 0.5) is 10.1 Å². The molecule has 1 N–H and O–H groups in total. The predicted octanol–water partition coefficient (Wildman–Crippen LogP) is 3.48. The first-order valence-corrected chi connectivity index (χ1v) is 10.6. The largest absolute Gasteiger partial charge is 0.460 e. The lowest BCUT2D eigenvalue weighted by molar-refractivity contribution is -0.160. The summed E-state index contributed by atoms with van der Waals surface area (Å²) in [6, 6.07) is 13.6. The van der Waals surface area contributed by atoms with E-state index >= 15 is 0 Å². The number of halogens is 1. The van der Waals surface area contributed by atoms with Crippen LogP contribution in [0, 0.1) is 11.7 Å². The van der Waals surface area contributed by atoms with E-state index in [-0.39, 0.29) is 17.8 Å². The van der Waals surface area contributed by atoms with Crippen LogP contribution < -0.4 is 10.2 Å². The van der Waals surface area contributed by atoms with Crippen LogP contribution in [0.5, 0.6) is 0 Å². The molecular formula is C25H24FN3O4. The van der Waals surface area contributed by atoms with Crippen LogP contribution in [0.2, 0.25) is 0 Å². The lowest BCUT2D eigenvalue weighted by Crippen LogP contribution is -2.47. The molecule has 1 saturated heterocycles. The zero-order valence-corrected chi connectivity index (χ0v) is 18.5. The van der Waals surface area contributed by atoms with Gasteiger partial charge in [-0.05, 0) is 45.0 Å². The Kier molecular flexibility index (Phi) is 5.84. The number of para-hydroxylation sites is 2. The summed E-state index contributed by atoms with van der Waals surface area (Å²) >= 11 is 0. The van der Waals surface area contributed by atoms with Gasteiger partial charge in [-0.1, -0.05) is 30.3 Å². The van der Waals surface area contributed by atoms with Crippen LogP contribution in [-0.4, -0.2) is 41.0 Å². The minimum Gasteiger partial charge on any atom is -0.460 e. The molecule has 1 aromatic heterocycles. The number of carbonyl (C=O) groups is 3. The number of ether oxygens (including phenoxy) is 1. The van der Waals surface area contributed by atoms with E-state index in [9.17, 15) is 18.8 Å². The summed E-state index contributed by atoms with van der Waals surface area (Å²) in [6.45, 7) is 5.02. The number of hydrogen-bond donors (Lipinski definition) is 1. The van der Waals surface area contributed by atoms with Crippen molar-refractivity contribution in [2.45, 2.75) is 32.4 Å². The molecule has 1 aliphatic rings. The first kappa shape index (κ1) is 22.4. The van der Waals surface area contributed by atoms with Gasteiger partial charge in [-0.15, -0.1) is 0 Å². The van der Waals surface area contributed by atoms with Gasteiger partial charge < -0.3 is 15.0 Å². The lowest BCUT2D eigenvalue weighted by atomic mass is 10.0. The summed E-state index contributed by atoms with van der Waals surface area (Å²) in [7, 11) is 0.